The molecule has 1 aliphatic rings. The summed E-state index contributed by atoms with van der Waals surface area (Å²) in [7, 11) is 0. The van der Waals surface area contributed by atoms with Crippen LogP contribution >= 0.6 is 0 Å². The van der Waals surface area contributed by atoms with Crippen LogP contribution in [-0.4, -0.2) is 22.2 Å². The van der Waals surface area contributed by atoms with Crippen molar-refractivity contribution in [2.24, 2.45) is 0 Å². The van der Waals surface area contributed by atoms with Crippen molar-refractivity contribution in [3.63, 3.8) is 0 Å². The fourth-order valence-corrected chi connectivity index (χ4v) is 2.27. The van der Waals surface area contributed by atoms with Crippen LogP contribution < -0.4 is 5.32 Å². The van der Waals surface area contributed by atoms with Gasteiger partial charge in [-0.05, 0) is 37.0 Å². The first-order chi connectivity index (χ1) is 7.77. The SMILES string of the molecule is Cc1ccncc1CNC1CCCCC1O. The Morgan fingerprint density at radius 3 is 3.00 bits per heavy atom. The summed E-state index contributed by atoms with van der Waals surface area (Å²) < 4.78 is 0. The van der Waals surface area contributed by atoms with Crippen molar-refractivity contribution in [1.82, 2.24) is 10.3 Å². The van der Waals surface area contributed by atoms with Gasteiger partial charge in [-0.25, -0.2) is 0 Å². The van der Waals surface area contributed by atoms with Crippen molar-refractivity contribution in [3.8, 4) is 0 Å². The molecule has 3 heteroatoms. The molecule has 0 radical (unpaired) electrons. The molecular formula is C13H20N2O. The molecule has 0 saturated heterocycles. The molecule has 0 bridgehead atoms. The molecular weight excluding hydrogens is 200 g/mol. The molecule has 1 aromatic rings. The minimum absolute atomic E-state index is 0.175. The normalized spacial score (nSPS) is 25.6. The molecule has 2 unspecified atom stereocenters. The van der Waals surface area contributed by atoms with E-state index in [0.29, 0.717) is 0 Å². The summed E-state index contributed by atoms with van der Waals surface area (Å²) in [6, 6.07) is 2.28. The zero-order valence-electron chi connectivity index (χ0n) is 9.82. The highest BCUT2D eigenvalue weighted by Crippen LogP contribution is 2.18. The van der Waals surface area contributed by atoms with E-state index >= 15 is 0 Å². The third kappa shape index (κ3) is 2.80. The number of hydrogen-bond acceptors (Lipinski definition) is 3. The minimum atomic E-state index is -0.175. The summed E-state index contributed by atoms with van der Waals surface area (Å²) in [6.45, 7) is 2.90. The Bertz CT molecular complexity index is 340. The molecule has 2 N–H and O–H groups in total. The standard InChI is InChI=1S/C13H20N2O/c1-10-6-7-14-8-11(10)9-15-12-4-2-3-5-13(12)16/h6-8,12-13,15-16H,2-5,9H2,1H3. The fourth-order valence-electron chi connectivity index (χ4n) is 2.27. The molecule has 2 rings (SSSR count). The number of pyridine rings is 1. The maximum atomic E-state index is 9.84. The first-order valence-electron chi connectivity index (χ1n) is 6.08. The summed E-state index contributed by atoms with van der Waals surface area (Å²) in [5.41, 5.74) is 2.48. The molecule has 0 aromatic carbocycles. The Balaban J connectivity index is 1.89. The van der Waals surface area contributed by atoms with Crippen molar-refractivity contribution in [1.29, 1.82) is 0 Å². The lowest BCUT2D eigenvalue weighted by Crippen LogP contribution is -2.41. The van der Waals surface area contributed by atoms with Crippen LogP contribution in [0.2, 0.25) is 0 Å². The van der Waals surface area contributed by atoms with Gasteiger partial charge in [0.25, 0.3) is 0 Å². The lowest BCUT2D eigenvalue weighted by molar-refractivity contribution is 0.0902. The highest BCUT2D eigenvalue weighted by Gasteiger charge is 2.22. The number of nitrogens with zero attached hydrogens (tertiary/aromatic N) is 1. The number of nitrogens with one attached hydrogen (secondary N) is 1. The molecule has 0 amide bonds. The van der Waals surface area contributed by atoms with E-state index in [1.54, 1.807) is 0 Å². The summed E-state index contributed by atoms with van der Waals surface area (Å²) in [5, 5.41) is 13.3. The van der Waals surface area contributed by atoms with Crippen LogP contribution in [0.25, 0.3) is 0 Å². The van der Waals surface area contributed by atoms with Crippen LogP contribution in [0.15, 0.2) is 18.5 Å². The van der Waals surface area contributed by atoms with Crippen molar-refractivity contribution >= 4 is 0 Å². The summed E-state index contributed by atoms with van der Waals surface area (Å²) >= 11 is 0. The Labute approximate surface area is 96.9 Å². The zero-order chi connectivity index (χ0) is 11.4. The van der Waals surface area contributed by atoms with Gasteiger partial charge in [0.05, 0.1) is 6.10 Å². The van der Waals surface area contributed by atoms with Crippen LogP contribution in [0, 0.1) is 6.92 Å². The smallest absolute Gasteiger partial charge is 0.0693 e. The molecule has 1 aliphatic carbocycles. The maximum Gasteiger partial charge on any atom is 0.0693 e. The molecule has 0 aliphatic heterocycles. The van der Waals surface area contributed by atoms with Gasteiger partial charge >= 0.3 is 0 Å². The van der Waals surface area contributed by atoms with E-state index in [1.807, 2.05) is 18.5 Å². The Kier molecular flexibility index (Phi) is 3.91. The van der Waals surface area contributed by atoms with Gasteiger partial charge in [-0.3, -0.25) is 4.98 Å². The molecule has 0 spiro atoms. The number of aliphatic hydroxyl groups is 1. The van der Waals surface area contributed by atoms with E-state index in [-0.39, 0.29) is 12.1 Å². The zero-order valence-corrected chi connectivity index (χ0v) is 9.82. The quantitative estimate of drug-likeness (QED) is 0.816. The van der Waals surface area contributed by atoms with Crippen molar-refractivity contribution in [2.75, 3.05) is 0 Å². The van der Waals surface area contributed by atoms with Gasteiger partial charge in [0.15, 0.2) is 0 Å². The molecule has 88 valence electrons. The molecule has 3 nitrogen and oxygen atoms in total. The third-order valence-electron chi connectivity index (χ3n) is 3.43. The lowest BCUT2D eigenvalue weighted by atomic mass is 9.92. The van der Waals surface area contributed by atoms with E-state index in [2.05, 4.69) is 17.2 Å². The number of aromatic nitrogens is 1. The topological polar surface area (TPSA) is 45.2 Å². The van der Waals surface area contributed by atoms with Crippen LogP contribution in [0.5, 0.6) is 0 Å². The van der Waals surface area contributed by atoms with E-state index in [1.165, 1.54) is 17.5 Å². The first kappa shape index (κ1) is 11.6. The second-order valence-corrected chi connectivity index (χ2v) is 4.64. The third-order valence-corrected chi connectivity index (χ3v) is 3.43. The van der Waals surface area contributed by atoms with Gasteiger partial charge in [-0.15, -0.1) is 0 Å². The fraction of sp³-hybridized carbons (Fsp3) is 0.615. The molecule has 1 aromatic heterocycles. The number of rotatable bonds is 3. The van der Waals surface area contributed by atoms with Crippen LogP contribution in [0.3, 0.4) is 0 Å². The minimum Gasteiger partial charge on any atom is -0.392 e. The predicted molar refractivity (Wildman–Crippen MR) is 64.1 cm³/mol. The van der Waals surface area contributed by atoms with E-state index < -0.39 is 0 Å². The number of aryl methyl sites for hydroxylation is 1. The molecule has 16 heavy (non-hydrogen) atoms. The monoisotopic (exact) mass is 220 g/mol. The second-order valence-electron chi connectivity index (χ2n) is 4.64. The van der Waals surface area contributed by atoms with Crippen LogP contribution in [0.4, 0.5) is 0 Å². The van der Waals surface area contributed by atoms with Crippen molar-refractivity contribution in [3.05, 3.63) is 29.6 Å². The second kappa shape index (κ2) is 5.41. The van der Waals surface area contributed by atoms with Gasteiger partial charge in [-0.1, -0.05) is 12.8 Å². The largest absolute Gasteiger partial charge is 0.392 e. The Morgan fingerprint density at radius 1 is 1.44 bits per heavy atom. The Morgan fingerprint density at radius 2 is 2.25 bits per heavy atom. The molecule has 1 heterocycles. The Hall–Kier alpha value is -0.930. The highest BCUT2D eigenvalue weighted by atomic mass is 16.3. The van der Waals surface area contributed by atoms with Gasteiger partial charge < -0.3 is 10.4 Å². The highest BCUT2D eigenvalue weighted by molar-refractivity contribution is 5.21. The summed E-state index contributed by atoms with van der Waals surface area (Å²) in [5.74, 6) is 0. The van der Waals surface area contributed by atoms with Gasteiger partial charge in [0, 0.05) is 25.0 Å². The molecule has 2 atom stereocenters. The van der Waals surface area contributed by atoms with Crippen LogP contribution in [-0.2, 0) is 6.54 Å². The van der Waals surface area contributed by atoms with Gasteiger partial charge in [0.2, 0.25) is 0 Å². The predicted octanol–water partition coefficient (Wildman–Crippen LogP) is 1.78. The maximum absolute atomic E-state index is 9.84. The number of aliphatic hydroxyl groups excluding tert-OH is 1. The van der Waals surface area contributed by atoms with Gasteiger partial charge in [-0.2, -0.15) is 0 Å². The van der Waals surface area contributed by atoms with Crippen LogP contribution in [0.1, 0.15) is 36.8 Å². The van der Waals surface area contributed by atoms with E-state index in [0.717, 1.165) is 25.8 Å². The van der Waals surface area contributed by atoms with E-state index in [9.17, 15) is 5.11 Å². The summed E-state index contributed by atoms with van der Waals surface area (Å²) in [4.78, 5) is 4.13. The average Bonchev–Trinajstić information content (AvgIpc) is 2.30. The van der Waals surface area contributed by atoms with Crippen molar-refractivity contribution < 1.29 is 5.11 Å². The van der Waals surface area contributed by atoms with Gasteiger partial charge in [0.1, 0.15) is 0 Å². The molecule has 1 saturated carbocycles. The molecule has 1 fully saturated rings. The van der Waals surface area contributed by atoms with Crippen molar-refractivity contribution in [2.45, 2.75) is 51.3 Å². The number of hydrogen-bond donors (Lipinski definition) is 2. The lowest BCUT2D eigenvalue weighted by Gasteiger charge is -2.28. The average molecular weight is 220 g/mol. The first-order valence-corrected chi connectivity index (χ1v) is 6.08. The summed E-state index contributed by atoms with van der Waals surface area (Å²) in [6.07, 6.45) is 7.94. The van der Waals surface area contributed by atoms with E-state index in [4.69, 9.17) is 0 Å².